The molecule has 0 atom stereocenters. The lowest BCUT2D eigenvalue weighted by molar-refractivity contribution is -0.116. The van der Waals surface area contributed by atoms with Crippen molar-refractivity contribution in [1.82, 2.24) is 14.5 Å². The van der Waals surface area contributed by atoms with Gasteiger partial charge in [0.25, 0.3) is 5.56 Å². The molecule has 1 aliphatic rings. The first kappa shape index (κ1) is 21.4. The maximum Gasteiger partial charge on any atom is 0.329 e. The van der Waals surface area contributed by atoms with E-state index < -0.39 is 23.7 Å². The molecule has 32 heavy (non-hydrogen) atoms. The number of aromatic amines is 1. The van der Waals surface area contributed by atoms with Crippen LogP contribution in [-0.4, -0.2) is 39.5 Å². The smallest absolute Gasteiger partial charge is 0.325 e. The average molecular weight is 435 g/mol. The molecule has 2 aromatic carbocycles. The number of H-pyrrole nitrogens is 1. The van der Waals surface area contributed by atoms with Crippen molar-refractivity contribution in [1.29, 1.82) is 0 Å². The first-order valence-electron chi connectivity index (χ1n) is 10.7. The number of carbonyl (C=O) groups excluding carboxylic acids is 2. The Morgan fingerprint density at radius 3 is 2.16 bits per heavy atom. The van der Waals surface area contributed by atoms with Gasteiger partial charge in [-0.05, 0) is 49.2 Å². The Morgan fingerprint density at radius 2 is 1.47 bits per heavy atom. The number of nitrogens with zero attached hydrogens (tertiary/aromatic N) is 2. The van der Waals surface area contributed by atoms with E-state index in [0.717, 1.165) is 43.3 Å². The third-order valence-corrected chi connectivity index (χ3v) is 5.50. The number of rotatable bonds is 4. The number of fused-ring (bicyclic) bond motifs is 1. The molecule has 0 spiro atoms. The number of aromatic nitrogens is 2. The van der Waals surface area contributed by atoms with E-state index in [2.05, 4.69) is 15.6 Å². The van der Waals surface area contributed by atoms with E-state index in [-0.39, 0.29) is 6.03 Å². The number of benzene rings is 2. The molecule has 0 radical (unpaired) electrons. The van der Waals surface area contributed by atoms with E-state index in [1.54, 1.807) is 48.5 Å². The highest BCUT2D eigenvalue weighted by molar-refractivity contribution is 5.92. The number of amides is 3. The summed E-state index contributed by atoms with van der Waals surface area (Å²) in [6.45, 7) is 1.10. The van der Waals surface area contributed by atoms with Gasteiger partial charge in [0.05, 0.1) is 10.9 Å². The summed E-state index contributed by atoms with van der Waals surface area (Å²) in [7, 11) is 0. The summed E-state index contributed by atoms with van der Waals surface area (Å²) in [4.78, 5) is 54.1. The molecule has 0 saturated carbocycles. The molecular weight excluding hydrogens is 410 g/mol. The number of hydrogen-bond acceptors (Lipinski definition) is 4. The summed E-state index contributed by atoms with van der Waals surface area (Å²) in [5.41, 5.74) is 0.381. The van der Waals surface area contributed by atoms with Gasteiger partial charge in [-0.25, -0.2) is 9.59 Å². The van der Waals surface area contributed by atoms with Crippen molar-refractivity contribution in [3.05, 3.63) is 69.4 Å². The highest BCUT2D eigenvalue weighted by Gasteiger charge is 2.15. The van der Waals surface area contributed by atoms with Crippen molar-refractivity contribution in [2.24, 2.45) is 0 Å². The fraction of sp³-hybridized carbons (Fsp3) is 0.304. The van der Waals surface area contributed by atoms with Gasteiger partial charge in [0.15, 0.2) is 0 Å². The van der Waals surface area contributed by atoms with Crippen LogP contribution in [0.15, 0.2) is 58.1 Å². The fourth-order valence-electron chi connectivity index (χ4n) is 3.80. The Morgan fingerprint density at radius 1 is 0.844 bits per heavy atom. The van der Waals surface area contributed by atoms with Gasteiger partial charge in [0.1, 0.15) is 6.54 Å². The zero-order chi connectivity index (χ0) is 22.5. The van der Waals surface area contributed by atoms with E-state index in [4.69, 9.17) is 0 Å². The first-order valence-corrected chi connectivity index (χ1v) is 10.7. The van der Waals surface area contributed by atoms with Crippen LogP contribution in [0.25, 0.3) is 10.9 Å². The van der Waals surface area contributed by atoms with E-state index in [0.29, 0.717) is 22.3 Å². The van der Waals surface area contributed by atoms with Crippen LogP contribution in [0, 0.1) is 0 Å². The second kappa shape index (κ2) is 9.51. The van der Waals surface area contributed by atoms with E-state index in [1.807, 2.05) is 4.90 Å². The second-order valence-corrected chi connectivity index (χ2v) is 7.82. The molecule has 166 valence electrons. The van der Waals surface area contributed by atoms with Gasteiger partial charge in [-0.1, -0.05) is 25.0 Å². The molecule has 3 amide bonds. The fourth-order valence-corrected chi connectivity index (χ4v) is 3.80. The van der Waals surface area contributed by atoms with Gasteiger partial charge < -0.3 is 20.5 Å². The number of nitrogens with one attached hydrogen (secondary N) is 3. The highest BCUT2D eigenvalue weighted by Crippen LogP contribution is 2.16. The van der Waals surface area contributed by atoms with Crippen LogP contribution >= 0.6 is 0 Å². The second-order valence-electron chi connectivity index (χ2n) is 7.82. The van der Waals surface area contributed by atoms with Gasteiger partial charge in [-0.3, -0.25) is 14.2 Å². The monoisotopic (exact) mass is 435 g/mol. The molecule has 1 saturated heterocycles. The number of hydrogen-bond donors (Lipinski definition) is 3. The summed E-state index contributed by atoms with van der Waals surface area (Å²) in [5, 5.41) is 5.88. The molecule has 1 aromatic heterocycles. The molecule has 0 aliphatic carbocycles. The van der Waals surface area contributed by atoms with Crippen LogP contribution < -0.4 is 21.9 Å². The highest BCUT2D eigenvalue weighted by atomic mass is 16.2. The van der Waals surface area contributed by atoms with E-state index >= 15 is 0 Å². The van der Waals surface area contributed by atoms with Crippen LogP contribution in [0.4, 0.5) is 16.2 Å². The summed E-state index contributed by atoms with van der Waals surface area (Å²) >= 11 is 0. The quantitative estimate of drug-likeness (QED) is 0.584. The maximum absolute atomic E-state index is 12.6. The lowest BCUT2D eigenvalue weighted by Gasteiger charge is -2.20. The number of carbonyl (C=O) groups is 2. The lowest BCUT2D eigenvalue weighted by Crippen LogP contribution is -2.38. The van der Waals surface area contributed by atoms with Gasteiger partial charge in [-0.15, -0.1) is 0 Å². The summed E-state index contributed by atoms with van der Waals surface area (Å²) in [6.07, 6.45) is 4.33. The minimum atomic E-state index is -0.643. The van der Waals surface area contributed by atoms with Crippen molar-refractivity contribution in [2.45, 2.75) is 32.2 Å². The number of anilines is 2. The third-order valence-electron chi connectivity index (χ3n) is 5.50. The molecule has 9 heteroatoms. The molecule has 0 unspecified atom stereocenters. The zero-order valence-electron chi connectivity index (χ0n) is 17.6. The van der Waals surface area contributed by atoms with Crippen LogP contribution in [0.2, 0.25) is 0 Å². The molecule has 1 fully saturated rings. The molecule has 2 heterocycles. The van der Waals surface area contributed by atoms with Crippen molar-refractivity contribution < 1.29 is 9.59 Å². The Bertz CT molecular complexity index is 1240. The Kier molecular flexibility index (Phi) is 6.34. The molecular formula is C23H25N5O4. The topological polar surface area (TPSA) is 116 Å². The maximum atomic E-state index is 12.6. The van der Waals surface area contributed by atoms with Gasteiger partial charge in [-0.2, -0.15) is 0 Å². The van der Waals surface area contributed by atoms with Crippen molar-refractivity contribution >= 4 is 34.2 Å². The van der Waals surface area contributed by atoms with Gasteiger partial charge >= 0.3 is 11.7 Å². The number of urea groups is 1. The molecule has 3 N–H and O–H groups in total. The third kappa shape index (κ3) is 4.88. The van der Waals surface area contributed by atoms with Crippen molar-refractivity contribution in [2.75, 3.05) is 23.7 Å². The minimum Gasteiger partial charge on any atom is -0.325 e. The van der Waals surface area contributed by atoms with Gasteiger partial charge in [0, 0.05) is 24.5 Å². The molecule has 1 aliphatic heterocycles. The molecule has 3 aromatic rings. The minimum absolute atomic E-state index is 0.126. The SMILES string of the molecule is O=C(Cn1c(=O)[nH]c2ccccc2c1=O)Nc1ccc(NC(=O)N2CCCCCC2)cc1. The van der Waals surface area contributed by atoms with Crippen LogP contribution in [0.1, 0.15) is 25.7 Å². The zero-order valence-corrected chi connectivity index (χ0v) is 17.6. The van der Waals surface area contributed by atoms with Gasteiger partial charge in [0.2, 0.25) is 5.91 Å². The first-order chi connectivity index (χ1) is 15.5. The van der Waals surface area contributed by atoms with Crippen LogP contribution in [0.3, 0.4) is 0 Å². The normalized spacial score (nSPS) is 14.1. The predicted octanol–water partition coefficient (Wildman–Crippen LogP) is 2.74. The Balaban J connectivity index is 1.39. The average Bonchev–Trinajstić information content (AvgIpc) is 3.08. The molecule has 4 rings (SSSR count). The standard InChI is InChI=1S/C23H25N5O4/c29-20(15-28-21(30)18-7-3-4-8-19(18)26-23(28)32)24-16-9-11-17(12-10-16)25-22(31)27-13-5-1-2-6-14-27/h3-4,7-12H,1-2,5-6,13-15H2,(H,24,29)(H,25,31)(H,26,32). The van der Waals surface area contributed by atoms with Crippen LogP contribution in [-0.2, 0) is 11.3 Å². The summed E-state index contributed by atoms with van der Waals surface area (Å²) in [6, 6.07) is 13.2. The number of para-hydroxylation sites is 1. The summed E-state index contributed by atoms with van der Waals surface area (Å²) < 4.78 is 0.869. The van der Waals surface area contributed by atoms with Crippen LogP contribution in [0.5, 0.6) is 0 Å². The lowest BCUT2D eigenvalue weighted by atomic mass is 10.2. The van der Waals surface area contributed by atoms with E-state index in [9.17, 15) is 19.2 Å². The Labute approximate surface area is 184 Å². The molecule has 0 bridgehead atoms. The molecule has 9 nitrogen and oxygen atoms in total. The summed E-state index contributed by atoms with van der Waals surface area (Å²) in [5.74, 6) is -0.505. The Hall–Kier alpha value is -3.88. The van der Waals surface area contributed by atoms with E-state index in [1.165, 1.54) is 0 Å². The van der Waals surface area contributed by atoms with Crippen molar-refractivity contribution in [3.63, 3.8) is 0 Å². The largest absolute Gasteiger partial charge is 0.329 e. The van der Waals surface area contributed by atoms with Crippen molar-refractivity contribution in [3.8, 4) is 0 Å². The number of likely N-dealkylation sites (tertiary alicyclic amines) is 1. The predicted molar refractivity (Wildman–Crippen MR) is 123 cm³/mol.